The number of benzene rings is 1. The molecule has 0 radical (unpaired) electrons. The lowest BCUT2D eigenvalue weighted by Gasteiger charge is -2.55. The van der Waals surface area contributed by atoms with Crippen LogP contribution in [0.25, 0.3) is 5.65 Å². The van der Waals surface area contributed by atoms with E-state index in [4.69, 9.17) is 5.73 Å². The van der Waals surface area contributed by atoms with Crippen LogP contribution in [0.4, 0.5) is 21.5 Å². The van der Waals surface area contributed by atoms with Gasteiger partial charge in [-0.1, -0.05) is 0 Å². The van der Waals surface area contributed by atoms with Crippen molar-refractivity contribution >= 4 is 34.8 Å². The maximum absolute atomic E-state index is 14.5. The number of nitrogen functional groups attached to an aromatic ring is 1. The van der Waals surface area contributed by atoms with Crippen molar-refractivity contribution in [3.8, 4) is 0 Å². The molecule has 0 saturated carbocycles. The Labute approximate surface area is 204 Å². The van der Waals surface area contributed by atoms with Crippen molar-refractivity contribution in [3.05, 3.63) is 53.2 Å². The Morgan fingerprint density at radius 2 is 2.00 bits per heavy atom. The van der Waals surface area contributed by atoms with Gasteiger partial charge in [0.1, 0.15) is 0 Å². The van der Waals surface area contributed by atoms with Gasteiger partial charge in [0, 0.05) is 67.6 Å². The first-order valence-corrected chi connectivity index (χ1v) is 12.2. The molecular formula is C26H32FN7O. The Morgan fingerprint density at radius 1 is 1.26 bits per heavy atom. The van der Waals surface area contributed by atoms with Crippen LogP contribution in [0.2, 0.25) is 0 Å². The largest absolute Gasteiger partial charge is 0.397 e. The Morgan fingerprint density at radius 3 is 2.66 bits per heavy atom. The monoisotopic (exact) mass is 477 g/mol. The number of halogens is 1. The van der Waals surface area contributed by atoms with Gasteiger partial charge in [0.15, 0.2) is 11.5 Å². The highest BCUT2D eigenvalue weighted by Gasteiger charge is 2.44. The van der Waals surface area contributed by atoms with Gasteiger partial charge in [-0.05, 0) is 52.3 Å². The van der Waals surface area contributed by atoms with Crippen LogP contribution in [0.1, 0.15) is 47.8 Å². The minimum absolute atomic E-state index is 0.221. The molecule has 0 atom stereocenters. The van der Waals surface area contributed by atoms with Crippen LogP contribution in [0.15, 0.2) is 35.6 Å². The second-order valence-corrected chi connectivity index (χ2v) is 9.61. The number of hydrogen-bond acceptors (Lipinski definition) is 6. The molecule has 2 aliphatic rings. The predicted molar refractivity (Wildman–Crippen MR) is 138 cm³/mol. The number of likely N-dealkylation sites (tertiary alicyclic amines) is 1. The average molecular weight is 478 g/mol. The number of rotatable bonds is 5. The molecule has 3 N–H and O–H groups in total. The molecule has 0 unspecified atom stereocenters. The molecule has 2 aromatic heterocycles. The van der Waals surface area contributed by atoms with Crippen LogP contribution in [0.3, 0.4) is 0 Å². The van der Waals surface area contributed by atoms with Crippen molar-refractivity contribution in [1.29, 1.82) is 0 Å². The lowest BCUT2D eigenvalue weighted by molar-refractivity contribution is -0.00915. The first-order chi connectivity index (χ1) is 16.8. The molecule has 4 heterocycles. The number of aliphatic imine (C=N–C) groups is 1. The summed E-state index contributed by atoms with van der Waals surface area (Å²) in [4.78, 5) is 26.6. The van der Waals surface area contributed by atoms with Crippen molar-refractivity contribution in [2.45, 2.75) is 38.6 Å². The second kappa shape index (κ2) is 8.96. The fourth-order valence-electron chi connectivity index (χ4n) is 5.31. The van der Waals surface area contributed by atoms with E-state index >= 15 is 0 Å². The fourth-order valence-corrected chi connectivity index (χ4v) is 5.31. The average Bonchev–Trinajstić information content (AvgIpc) is 3.23. The summed E-state index contributed by atoms with van der Waals surface area (Å²) in [5.41, 5.74) is 10.6. The van der Waals surface area contributed by atoms with E-state index in [0.29, 0.717) is 34.7 Å². The third-order valence-corrected chi connectivity index (χ3v) is 7.55. The van der Waals surface area contributed by atoms with Crippen LogP contribution in [0.5, 0.6) is 0 Å². The molecule has 1 amide bonds. The van der Waals surface area contributed by atoms with Gasteiger partial charge < -0.3 is 25.3 Å². The van der Waals surface area contributed by atoms with Crippen LogP contribution in [-0.2, 0) is 0 Å². The smallest absolute Gasteiger partial charge is 0.257 e. The molecule has 2 aliphatic heterocycles. The highest BCUT2D eigenvalue weighted by molar-refractivity contribution is 6.11. The molecule has 8 nitrogen and oxygen atoms in total. The number of anilines is 3. The highest BCUT2D eigenvalue weighted by atomic mass is 19.1. The normalized spacial score (nSPS) is 17.9. The van der Waals surface area contributed by atoms with E-state index in [1.807, 2.05) is 13.0 Å². The number of carbonyl (C=O) groups is 1. The summed E-state index contributed by atoms with van der Waals surface area (Å²) in [5, 5.41) is 2.78. The summed E-state index contributed by atoms with van der Waals surface area (Å²) in [6.45, 7) is 7.41. The summed E-state index contributed by atoms with van der Waals surface area (Å²) >= 11 is 0. The van der Waals surface area contributed by atoms with Gasteiger partial charge in [-0.25, -0.2) is 9.37 Å². The number of hydrogen-bond donors (Lipinski definition) is 2. The molecule has 2 fully saturated rings. The lowest BCUT2D eigenvalue weighted by atomic mass is 9.77. The summed E-state index contributed by atoms with van der Waals surface area (Å²) in [6, 6.07) is 4.97. The molecule has 2 saturated heterocycles. The highest BCUT2D eigenvalue weighted by Crippen LogP contribution is 2.40. The Balaban J connectivity index is 1.41. The van der Waals surface area contributed by atoms with E-state index in [-0.39, 0.29) is 5.65 Å². The van der Waals surface area contributed by atoms with Crippen LogP contribution in [0, 0.1) is 12.7 Å². The first kappa shape index (κ1) is 23.3. The van der Waals surface area contributed by atoms with E-state index in [0.717, 1.165) is 37.2 Å². The van der Waals surface area contributed by atoms with Crippen LogP contribution < -0.4 is 16.0 Å². The van der Waals surface area contributed by atoms with Crippen molar-refractivity contribution in [2.75, 3.05) is 49.2 Å². The zero-order valence-electron chi connectivity index (χ0n) is 20.5. The lowest BCUT2D eigenvalue weighted by Crippen LogP contribution is -2.62. The molecule has 1 aromatic carbocycles. The minimum atomic E-state index is -0.505. The van der Waals surface area contributed by atoms with E-state index in [1.165, 1.54) is 19.0 Å². The van der Waals surface area contributed by atoms with Gasteiger partial charge >= 0.3 is 0 Å². The first-order valence-electron chi connectivity index (χ1n) is 12.2. The zero-order chi connectivity index (χ0) is 24.7. The van der Waals surface area contributed by atoms with E-state index in [9.17, 15) is 9.18 Å². The van der Waals surface area contributed by atoms with Gasteiger partial charge in [0.05, 0.1) is 22.6 Å². The van der Waals surface area contributed by atoms with Crippen LogP contribution in [-0.4, -0.2) is 65.2 Å². The molecule has 35 heavy (non-hydrogen) atoms. The number of carbonyl (C=O) groups excluding carboxylic acids is 1. The standard InChI is InChI=1S/C26H32FN7O/c1-4-29-14-20-22(33-11-8-26(9-12-33)7-10-32(26)3)6-5-19(23(20)28)25(35)31-18-13-21(27)24-30-17(2)15-34(24)16-18/h5-6,13-16H,4,7-12,28H2,1-3H3,(H,31,35). The summed E-state index contributed by atoms with van der Waals surface area (Å²) in [7, 11) is 2.21. The number of amides is 1. The number of fused-ring (bicyclic) bond motifs is 1. The number of aromatic nitrogens is 2. The van der Waals surface area contributed by atoms with Gasteiger partial charge in [-0.2, -0.15) is 0 Å². The molecule has 3 aromatic rings. The molecule has 9 heteroatoms. The van der Waals surface area contributed by atoms with Gasteiger partial charge in [0.25, 0.3) is 5.91 Å². The molecule has 5 rings (SSSR count). The van der Waals surface area contributed by atoms with Crippen molar-refractivity contribution in [2.24, 2.45) is 4.99 Å². The molecule has 1 spiro atoms. The minimum Gasteiger partial charge on any atom is -0.397 e. The molecule has 0 aliphatic carbocycles. The molecule has 0 bridgehead atoms. The van der Waals surface area contributed by atoms with Crippen molar-refractivity contribution < 1.29 is 9.18 Å². The Kier molecular flexibility index (Phi) is 5.96. The number of piperidine rings is 1. The fraction of sp³-hybridized carbons (Fsp3) is 0.423. The third-order valence-electron chi connectivity index (χ3n) is 7.55. The SMILES string of the molecule is CCN=Cc1c(N2CCC3(CC2)CCN3C)ccc(C(=O)Nc2cc(F)c3nc(C)cn3c2)c1N. The van der Waals surface area contributed by atoms with Gasteiger partial charge in [0.2, 0.25) is 0 Å². The number of aryl methyl sites for hydroxylation is 1. The number of nitrogens with two attached hydrogens (primary N) is 1. The van der Waals surface area contributed by atoms with E-state index in [1.54, 1.807) is 36.0 Å². The number of imidazole rings is 1. The predicted octanol–water partition coefficient (Wildman–Crippen LogP) is 3.73. The van der Waals surface area contributed by atoms with Crippen molar-refractivity contribution in [3.63, 3.8) is 0 Å². The summed E-state index contributed by atoms with van der Waals surface area (Å²) in [5.74, 6) is -0.903. The quantitative estimate of drug-likeness (QED) is 0.432. The van der Waals surface area contributed by atoms with Gasteiger partial charge in [-0.15, -0.1) is 0 Å². The second-order valence-electron chi connectivity index (χ2n) is 9.61. The van der Waals surface area contributed by atoms with E-state index in [2.05, 4.69) is 32.1 Å². The van der Waals surface area contributed by atoms with Crippen LogP contribution >= 0.6 is 0 Å². The van der Waals surface area contributed by atoms with Crippen molar-refractivity contribution in [1.82, 2.24) is 14.3 Å². The van der Waals surface area contributed by atoms with Gasteiger partial charge in [-0.3, -0.25) is 9.79 Å². The number of pyridine rings is 1. The third kappa shape index (κ3) is 4.14. The Hall–Kier alpha value is -3.46. The molecule has 184 valence electrons. The summed E-state index contributed by atoms with van der Waals surface area (Å²) in [6.07, 6.45) is 8.59. The number of nitrogens with zero attached hydrogens (tertiary/aromatic N) is 5. The summed E-state index contributed by atoms with van der Waals surface area (Å²) < 4.78 is 16.0. The Bertz CT molecular complexity index is 1310. The number of nitrogens with one attached hydrogen (secondary N) is 1. The maximum atomic E-state index is 14.5. The molecular weight excluding hydrogens is 445 g/mol. The maximum Gasteiger partial charge on any atom is 0.257 e. The topological polar surface area (TPSA) is 91.3 Å². The van der Waals surface area contributed by atoms with E-state index < -0.39 is 11.7 Å². The zero-order valence-corrected chi connectivity index (χ0v) is 20.5.